The van der Waals surface area contributed by atoms with Crippen LogP contribution in [0, 0.1) is 17.2 Å². The number of likely N-dealkylation sites (tertiary alicyclic amines) is 1. The molecule has 1 atom stereocenters. The fourth-order valence-electron chi connectivity index (χ4n) is 4.43. The van der Waals surface area contributed by atoms with Gasteiger partial charge in [-0.3, -0.25) is 4.79 Å². The average molecular weight is 388 g/mol. The third-order valence-corrected chi connectivity index (χ3v) is 6.27. The molecule has 0 aromatic heterocycles. The minimum absolute atomic E-state index is 0.121. The maximum absolute atomic E-state index is 14.1. The average Bonchev–Trinajstić information content (AvgIpc) is 3.40. The second-order valence-electron chi connectivity index (χ2n) is 8.40. The summed E-state index contributed by atoms with van der Waals surface area (Å²) in [4.78, 5) is 21.0. The Kier molecular flexibility index (Phi) is 5.67. The van der Waals surface area contributed by atoms with Crippen molar-refractivity contribution in [1.29, 1.82) is 0 Å². The Balaban J connectivity index is 1.41. The van der Waals surface area contributed by atoms with E-state index in [1.165, 1.54) is 18.9 Å². The molecule has 152 valence electrons. The number of hydrogen-bond donors (Lipinski definition) is 0. The van der Waals surface area contributed by atoms with Gasteiger partial charge in [-0.25, -0.2) is 4.39 Å². The van der Waals surface area contributed by atoms with Crippen LogP contribution in [0.25, 0.3) is 0 Å². The van der Waals surface area contributed by atoms with Crippen molar-refractivity contribution in [3.63, 3.8) is 0 Å². The lowest BCUT2D eigenvalue weighted by molar-refractivity contribution is -0.161. The van der Waals surface area contributed by atoms with Gasteiger partial charge in [-0.1, -0.05) is 23.4 Å². The lowest BCUT2D eigenvalue weighted by Gasteiger charge is -2.40. The first-order valence-corrected chi connectivity index (χ1v) is 10.5. The summed E-state index contributed by atoms with van der Waals surface area (Å²) < 4.78 is 19.5. The van der Waals surface area contributed by atoms with E-state index in [-0.39, 0.29) is 17.9 Å². The largest absolute Gasteiger partial charge is 0.466 e. The highest BCUT2D eigenvalue weighted by molar-refractivity contribution is 6.01. The van der Waals surface area contributed by atoms with Crippen LogP contribution in [-0.2, 0) is 14.4 Å². The monoisotopic (exact) mass is 388 g/mol. The van der Waals surface area contributed by atoms with Crippen LogP contribution in [0.2, 0.25) is 0 Å². The van der Waals surface area contributed by atoms with E-state index < -0.39 is 5.41 Å². The van der Waals surface area contributed by atoms with Crippen molar-refractivity contribution in [3.05, 3.63) is 35.6 Å². The Morgan fingerprint density at radius 3 is 2.75 bits per heavy atom. The van der Waals surface area contributed by atoms with Gasteiger partial charge in [-0.15, -0.1) is 0 Å². The Hall–Kier alpha value is -1.95. The molecule has 6 heteroatoms. The van der Waals surface area contributed by atoms with Crippen molar-refractivity contribution < 1.29 is 18.8 Å². The molecule has 0 bridgehead atoms. The molecule has 1 aliphatic carbocycles. The van der Waals surface area contributed by atoms with Crippen LogP contribution in [0.15, 0.2) is 29.4 Å². The summed E-state index contributed by atoms with van der Waals surface area (Å²) in [5.74, 6) is 0.438. The van der Waals surface area contributed by atoms with Gasteiger partial charge in [0.25, 0.3) is 0 Å². The standard InChI is InChI=1S/C22H29FN2O3/c1-2-27-21(26)22(9-11-25(12-10-22)15-16-7-8-16)14-17-13-20(24-28-17)18-5-3-4-6-19(18)23/h3-6,16-17H,2,7-15H2,1H3/t17-/m0/s1. The Bertz CT molecular complexity index is 739. The topological polar surface area (TPSA) is 51.1 Å². The van der Waals surface area contributed by atoms with Gasteiger partial charge in [-0.05, 0) is 57.7 Å². The Morgan fingerprint density at radius 2 is 2.07 bits per heavy atom. The predicted octanol–water partition coefficient (Wildman–Crippen LogP) is 3.76. The Labute approximate surface area is 165 Å². The van der Waals surface area contributed by atoms with E-state index in [1.807, 2.05) is 6.92 Å². The predicted molar refractivity (Wildman–Crippen MR) is 105 cm³/mol. The number of halogens is 1. The molecule has 0 unspecified atom stereocenters. The number of ether oxygens (including phenoxy) is 1. The van der Waals surface area contributed by atoms with E-state index in [9.17, 15) is 9.18 Å². The van der Waals surface area contributed by atoms with Gasteiger partial charge < -0.3 is 14.5 Å². The summed E-state index contributed by atoms with van der Waals surface area (Å²) in [7, 11) is 0. The van der Waals surface area contributed by atoms with Crippen molar-refractivity contribution >= 4 is 11.7 Å². The highest BCUT2D eigenvalue weighted by Gasteiger charge is 2.46. The highest BCUT2D eigenvalue weighted by atomic mass is 19.1. The van der Waals surface area contributed by atoms with Gasteiger partial charge >= 0.3 is 5.97 Å². The maximum Gasteiger partial charge on any atom is 0.312 e. The van der Waals surface area contributed by atoms with Crippen LogP contribution in [0.1, 0.15) is 51.0 Å². The van der Waals surface area contributed by atoms with Crippen molar-refractivity contribution in [1.82, 2.24) is 4.90 Å². The van der Waals surface area contributed by atoms with E-state index >= 15 is 0 Å². The summed E-state index contributed by atoms with van der Waals surface area (Å²) in [5.41, 5.74) is 0.573. The van der Waals surface area contributed by atoms with Crippen molar-refractivity contribution in [2.45, 2.75) is 51.6 Å². The van der Waals surface area contributed by atoms with E-state index in [1.54, 1.807) is 18.2 Å². The number of carbonyl (C=O) groups is 1. The fraction of sp³-hybridized carbons (Fsp3) is 0.636. The molecule has 1 aromatic rings. The molecular formula is C22H29FN2O3. The summed E-state index contributed by atoms with van der Waals surface area (Å²) in [6.45, 7) is 5.22. The molecule has 0 amide bonds. The molecule has 2 aliphatic heterocycles. The molecule has 4 rings (SSSR count). The van der Waals surface area contributed by atoms with Gasteiger partial charge in [-0.2, -0.15) is 0 Å². The number of piperidine rings is 1. The third-order valence-electron chi connectivity index (χ3n) is 6.27. The van der Waals surface area contributed by atoms with Gasteiger partial charge in [0, 0.05) is 24.9 Å². The summed E-state index contributed by atoms with van der Waals surface area (Å²) in [6, 6.07) is 6.61. The number of oxime groups is 1. The fourth-order valence-corrected chi connectivity index (χ4v) is 4.43. The van der Waals surface area contributed by atoms with Crippen molar-refractivity contribution in [2.75, 3.05) is 26.2 Å². The normalized spacial score (nSPS) is 24.5. The van der Waals surface area contributed by atoms with Crippen LogP contribution < -0.4 is 0 Å². The maximum atomic E-state index is 14.1. The summed E-state index contributed by atoms with van der Waals surface area (Å²) in [5, 5.41) is 4.13. The molecular weight excluding hydrogens is 359 g/mol. The zero-order chi connectivity index (χ0) is 19.6. The van der Waals surface area contributed by atoms with Crippen molar-refractivity contribution in [3.8, 4) is 0 Å². The van der Waals surface area contributed by atoms with E-state index in [0.717, 1.165) is 38.4 Å². The highest BCUT2D eigenvalue weighted by Crippen LogP contribution is 2.41. The van der Waals surface area contributed by atoms with E-state index in [4.69, 9.17) is 9.57 Å². The van der Waals surface area contributed by atoms with Crippen LogP contribution >= 0.6 is 0 Å². The van der Waals surface area contributed by atoms with E-state index in [2.05, 4.69) is 10.1 Å². The quantitative estimate of drug-likeness (QED) is 0.668. The lowest BCUT2D eigenvalue weighted by Crippen LogP contribution is -2.47. The third kappa shape index (κ3) is 4.22. The van der Waals surface area contributed by atoms with E-state index in [0.29, 0.717) is 30.7 Å². The molecule has 1 aromatic carbocycles. The number of rotatable bonds is 7. The zero-order valence-electron chi connectivity index (χ0n) is 16.5. The SMILES string of the molecule is CCOC(=O)C1(C[C@@H]2CC(c3ccccc3F)=NO2)CCN(CC2CC2)CC1. The van der Waals surface area contributed by atoms with Crippen LogP contribution in [0.3, 0.4) is 0 Å². The minimum atomic E-state index is -0.527. The number of nitrogens with zero attached hydrogens (tertiary/aromatic N) is 2. The van der Waals surface area contributed by atoms with Gasteiger partial charge in [0.2, 0.25) is 0 Å². The second-order valence-corrected chi connectivity index (χ2v) is 8.40. The molecule has 1 saturated heterocycles. The lowest BCUT2D eigenvalue weighted by atomic mass is 9.73. The number of esters is 1. The first-order chi connectivity index (χ1) is 13.6. The summed E-state index contributed by atoms with van der Waals surface area (Å²) in [6.07, 6.45) is 5.13. The Morgan fingerprint density at radius 1 is 1.32 bits per heavy atom. The van der Waals surface area contributed by atoms with Gasteiger partial charge in [0.05, 0.1) is 17.7 Å². The second kappa shape index (κ2) is 8.19. The zero-order valence-corrected chi connectivity index (χ0v) is 16.5. The molecule has 5 nitrogen and oxygen atoms in total. The smallest absolute Gasteiger partial charge is 0.312 e. The molecule has 0 spiro atoms. The molecule has 0 N–H and O–H groups in total. The molecule has 1 saturated carbocycles. The molecule has 3 aliphatic rings. The first-order valence-electron chi connectivity index (χ1n) is 10.5. The summed E-state index contributed by atoms with van der Waals surface area (Å²) >= 11 is 0. The van der Waals surface area contributed by atoms with Crippen molar-refractivity contribution in [2.24, 2.45) is 16.5 Å². The molecule has 28 heavy (non-hydrogen) atoms. The van der Waals surface area contributed by atoms with Gasteiger partial charge in [0.15, 0.2) is 0 Å². The molecule has 2 heterocycles. The molecule has 2 fully saturated rings. The number of hydrogen-bond acceptors (Lipinski definition) is 5. The minimum Gasteiger partial charge on any atom is -0.466 e. The molecule has 0 radical (unpaired) electrons. The first kappa shape index (κ1) is 19.4. The number of benzene rings is 1. The van der Waals surface area contributed by atoms with Gasteiger partial charge in [0.1, 0.15) is 11.9 Å². The van der Waals surface area contributed by atoms with Crippen LogP contribution in [0.4, 0.5) is 4.39 Å². The number of carbonyl (C=O) groups excluding carboxylic acids is 1. The van der Waals surface area contributed by atoms with Crippen LogP contribution in [0.5, 0.6) is 0 Å². The van der Waals surface area contributed by atoms with Crippen LogP contribution in [-0.4, -0.2) is 48.9 Å².